The topological polar surface area (TPSA) is 53.4 Å². The molecule has 0 radical (unpaired) electrons. The summed E-state index contributed by atoms with van der Waals surface area (Å²) in [5.41, 5.74) is 2.44. The lowest BCUT2D eigenvalue weighted by atomic mass is 10.2. The van der Waals surface area contributed by atoms with Crippen LogP contribution >= 0.6 is 0 Å². The molecule has 0 aliphatic carbocycles. The van der Waals surface area contributed by atoms with Crippen LogP contribution in [0.1, 0.15) is 28.7 Å². The molecule has 0 spiro atoms. The zero-order valence-electron chi connectivity index (χ0n) is 12.4. The van der Waals surface area contributed by atoms with Gasteiger partial charge in [-0.3, -0.25) is 4.68 Å². The SMILES string of the molecule is CCOC(=O)c1cc(CCOCc2ccccc2)n(C)n1. The summed E-state index contributed by atoms with van der Waals surface area (Å²) in [5, 5.41) is 4.15. The van der Waals surface area contributed by atoms with Crippen molar-refractivity contribution in [2.45, 2.75) is 20.0 Å². The van der Waals surface area contributed by atoms with Crippen LogP contribution in [0, 0.1) is 0 Å². The quantitative estimate of drug-likeness (QED) is 0.580. The number of aryl methyl sites for hydroxylation is 1. The predicted octanol–water partition coefficient (Wildman–Crippen LogP) is 2.36. The Balaban J connectivity index is 1.82. The van der Waals surface area contributed by atoms with Crippen LogP contribution in [0.4, 0.5) is 0 Å². The molecular weight excluding hydrogens is 268 g/mol. The normalized spacial score (nSPS) is 10.6. The Morgan fingerprint density at radius 3 is 2.76 bits per heavy atom. The minimum absolute atomic E-state index is 0.345. The van der Waals surface area contributed by atoms with E-state index in [0.717, 1.165) is 11.3 Å². The van der Waals surface area contributed by atoms with Crippen LogP contribution in [-0.2, 0) is 29.5 Å². The Kier molecular flexibility index (Phi) is 5.51. The van der Waals surface area contributed by atoms with Crippen molar-refractivity contribution >= 4 is 5.97 Å². The number of esters is 1. The Morgan fingerprint density at radius 1 is 1.29 bits per heavy atom. The fourth-order valence-electron chi connectivity index (χ4n) is 1.99. The van der Waals surface area contributed by atoms with Crippen molar-refractivity contribution in [2.24, 2.45) is 7.05 Å². The highest BCUT2D eigenvalue weighted by Crippen LogP contribution is 2.07. The summed E-state index contributed by atoms with van der Waals surface area (Å²) < 4.78 is 12.3. The van der Waals surface area contributed by atoms with Gasteiger partial charge in [-0.2, -0.15) is 5.10 Å². The van der Waals surface area contributed by atoms with Crippen molar-refractivity contribution < 1.29 is 14.3 Å². The van der Waals surface area contributed by atoms with E-state index in [1.54, 1.807) is 17.7 Å². The number of hydrogen-bond donors (Lipinski definition) is 0. The molecule has 2 rings (SSSR count). The predicted molar refractivity (Wildman–Crippen MR) is 79.0 cm³/mol. The van der Waals surface area contributed by atoms with Gasteiger partial charge >= 0.3 is 5.97 Å². The zero-order chi connectivity index (χ0) is 15.1. The second-order valence-electron chi connectivity index (χ2n) is 4.65. The summed E-state index contributed by atoms with van der Waals surface area (Å²) in [6.45, 7) is 3.30. The van der Waals surface area contributed by atoms with Gasteiger partial charge in [0.2, 0.25) is 0 Å². The Morgan fingerprint density at radius 2 is 2.05 bits per heavy atom. The number of benzene rings is 1. The molecule has 21 heavy (non-hydrogen) atoms. The fourth-order valence-corrected chi connectivity index (χ4v) is 1.99. The molecule has 0 saturated heterocycles. The van der Waals surface area contributed by atoms with Gasteiger partial charge in [-0.05, 0) is 18.6 Å². The molecule has 0 fully saturated rings. The van der Waals surface area contributed by atoms with E-state index in [1.165, 1.54) is 0 Å². The van der Waals surface area contributed by atoms with Crippen LogP contribution < -0.4 is 0 Å². The average Bonchev–Trinajstić information content (AvgIpc) is 2.86. The second-order valence-corrected chi connectivity index (χ2v) is 4.65. The summed E-state index contributed by atoms with van der Waals surface area (Å²) in [7, 11) is 1.81. The summed E-state index contributed by atoms with van der Waals surface area (Å²) in [5.74, 6) is -0.385. The van der Waals surface area contributed by atoms with Crippen LogP contribution in [0.15, 0.2) is 36.4 Å². The largest absolute Gasteiger partial charge is 0.461 e. The maximum atomic E-state index is 11.6. The summed E-state index contributed by atoms with van der Waals surface area (Å²) in [4.78, 5) is 11.6. The van der Waals surface area contributed by atoms with E-state index in [9.17, 15) is 4.79 Å². The number of carbonyl (C=O) groups excluding carboxylic acids is 1. The van der Waals surface area contributed by atoms with E-state index in [2.05, 4.69) is 5.10 Å². The zero-order valence-corrected chi connectivity index (χ0v) is 12.4. The molecule has 5 nitrogen and oxygen atoms in total. The maximum absolute atomic E-state index is 11.6. The third-order valence-corrected chi connectivity index (χ3v) is 3.08. The molecule has 112 valence electrons. The fraction of sp³-hybridized carbons (Fsp3) is 0.375. The Hall–Kier alpha value is -2.14. The lowest BCUT2D eigenvalue weighted by Crippen LogP contribution is -2.06. The smallest absolute Gasteiger partial charge is 0.358 e. The molecule has 0 saturated carbocycles. The Bertz CT molecular complexity index is 578. The number of ether oxygens (including phenoxy) is 2. The molecular formula is C16H20N2O3. The molecule has 0 atom stereocenters. The minimum atomic E-state index is -0.385. The lowest BCUT2D eigenvalue weighted by Gasteiger charge is -2.04. The second kappa shape index (κ2) is 7.59. The highest BCUT2D eigenvalue weighted by molar-refractivity contribution is 5.87. The van der Waals surface area contributed by atoms with Gasteiger partial charge in [-0.15, -0.1) is 0 Å². The third-order valence-electron chi connectivity index (χ3n) is 3.08. The lowest BCUT2D eigenvalue weighted by molar-refractivity contribution is 0.0518. The summed E-state index contributed by atoms with van der Waals surface area (Å²) in [6, 6.07) is 11.8. The van der Waals surface area contributed by atoms with Crippen molar-refractivity contribution in [3.05, 3.63) is 53.3 Å². The highest BCUT2D eigenvalue weighted by atomic mass is 16.5. The van der Waals surface area contributed by atoms with Crippen molar-refractivity contribution in [1.82, 2.24) is 9.78 Å². The van der Waals surface area contributed by atoms with E-state index in [0.29, 0.717) is 31.9 Å². The van der Waals surface area contributed by atoms with Gasteiger partial charge in [0.05, 0.1) is 19.8 Å². The van der Waals surface area contributed by atoms with Crippen LogP contribution in [-0.4, -0.2) is 29.0 Å². The third kappa shape index (κ3) is 4.43. The maximum Gasteiger partial charge on any atom is 0.358 e. The van der Waals surface area contributed by atoms with Gasteiger partial charge in [0, 0.05) is 19.2 Å². The molecule has 0 bridgehead atoms. The molecule has 1 aromatic heterocycles. The molecule has 5 heteroatoms. The molecule has 0 amide bonds. The number of rotatable bonds is 7. The molecule has 1 aromatic carbocycles. The summed E-state index contributed by atoms with van der Waals surface area (Å²) in [6.07, 6.45) is 0.704. The first kappa shape index (κ1) is 15.3. The Labute approximate surface area is 124 Å². The first-order chi connectivity index (χ1) is 10.2. The first-order valence-corrected chi connectivity index (χ1v) is 7.02. The van der Waals surface area contributed by atoms with Crippen LogP contribution in [0.2, 0.25) is 0 Å². The van der Waals surface area contributed by atoms with Gasteiger partial charge in [0.15, 0.2) is 5.69 Å². The van der Waals surface area contributed by atoms with Crippen molar-refractivity contribution in [3.8, 4) is 0 Å². The molecule has 0 unspecified atom stereocenters. The number of nitrogens with zero attached hydrogens (tertiary/aromatic N) is 2. The number of carbonyl (C=O) groups is 1. The minimum Gasteiger partial charge on any atom is -0.461 e. The van der Waals surface area contributed by atoms with E-state index in [4.69, 9.17) is 9.47 Å². The van der Waals surface area contributed by atoms with E-state index in [1.807, 2.05) is 37.4 Å². The van der Waals surface area contributed by atoms with Crippen molar-refractivity contribution in [3.63, 3.8) is 0 Å². The van der Waals surface area contributed by atoms with Gasteiger partial charge in [-0.25, -0.2) is 4.79 Å². The van der Waals surface area contributed by atoms with Gasteiger partial charge in [0.25, 0.3) is 0 Å². The standard InChI is InChI=1S/C16H20N2O3/c1-3-21-16(19)15-11-14(18(2)17-15)9-10-20-12-13-7-5-4-6-8-13/h4-8,11H,3,9-10,12H2,1-2H3. The molecule has 2 aromatic rings. The number of hydrogen-bond acceptors (Lipinski definition) is 4. The van der Waals surface area contributed by atoms with E-state index >= 15 is 0 Å². The van der Waals surface area contributed by atoms with Crippen molar-refractivity contribution in [1.29, 1.82) is 0 Å². The molecule has 1 heterocycles. The van der Waals surface area contributed by atoms with Gasteiger partial charge in [-0.1, -0.05) is 30.3 Å². The monoisotopic (exact) mass is 288 g/mol. The van der Waals surface area contributed by atoms with Crippen molar-refractivity contribution in [2.75, 3.05) is 13.2 Å². The molecule has 0 aliphatic heterocycles. The molecule has 0 N–H and O–H groups in total. The molecule has 0 aliphatic rings. The highest BCUT2D eigenvalue weighted by Gasteiger charge is 2.13. The van der Waals surface area contributed by atoms with E-state index in [-0.39, 0.29) is 5.97 Å². The number of aromatic nitrogens is 2. The average molecular weight is 288 g/mol. The van der Waals surface area contributed by atoms with Gasteiger partial charge in [0.1, 0.15) is 0 Å². The van der Waals surface area contributed by atoms with Gasteiger partial charge < -0.3 is 9.47 Å². The summed E-state index contributed by atoms with van der Waals surface area (Å²) >= 11 is 0. The van der Waals surface area contributed by atoms with E-state index < -0.39 is 0 Å². The van der Waals surface area contributed by atoms with Crippen LogP contribution in [0.25, 0.3) is 0 Å². The van der Waals surface area contributed by atoms with Crippen LogP contribution in [0.3, 0.4) is 0 Å². The first-order valence-electron chi connectivity index (χ1n) is 7.02. The van der Waals surface area contributed by atoms with Crippen LogP contribution in [0.5, 0.6) is 0 Å².